The van der Waals surface area contributed by atoms with E-state index >= 15 is 0 Å². The molecule has 1 N–H and O–H groups in total. The van der Waals surface area contributed by atoms with Gasteiger partial charge in [0.2, 0.25) is 0 Å². The lowest BCUT2D eigenvalue weighted by molar-refractivity contribution is -0.0396. The molecule has 8 heteroatoms. The van der Waals surface area contributed by atoms with Crippen LogP contribution < -0.4 is 5.56 Å². The normalized spacial score (nSPS) is 18.3. The fraction of sp³-hybridized carbons (Fsp3) is 0.333. The van der Waals surface area contributed by atoms with Crippen molar-refractivity contribution in [2.24, 2.45) is 0 Å². The molecule has 0 aromatic carbocycles. The Morgan fingerprint density at radius 3 is 3.13 bits per heavy atom. The molecule has 0 amide bonds. The Balaban J connectivity index is 1.56. The summed E-state index contributed by atoms with van der Waals surface area (Å²) in [5.41, 5.74) is -0.228. The second kappa shape index (κ2) is 6.13. The first-order valence-corrected chi connectivity index (χ1v) is 8.28. The summed E-state index contributed by atoms with van der Waals surface area (Å²) in [6.45, 7) is 0.792. The summed E-state index contributed by atoms with van der Waals surface area (Å²) in [5.74, 6) is 0. The maximum Gasteiger partial charge on any atom is 0.273 e. The molecule has 1 atom stereocenters. The summed E-state index contributed by atoms with van der Waals surface area (Å²) in [7, 11) is 0. The van der Waals surface area contributed by atoms with Crippen LogP contribution in [-0.2, 0) is 4.74 Å². The fourth-order valence-electron chi connectivity index (χ4n) is 2.61. The minimum Gasteiger partial charge on any atom is -0.357 e. The predicted molar refractivity (Wildman–Crippen MR) is 85.3 cm³/mol. The molecule has 1 saturated heterocycles. The van der Waals surface area contributed by atoms with Crippen LogP contribution in [0.3, 0.4) is 0 Å². The number of hydrogen-bond donors (Lipinski definition) is 1. The van der Waals surface area contributed by atoms with Crippen molar-refractivity contribution in [2.45, 2.75) is 35.4 Å². The first-order chi connectivity index (χ1) is 11.3. The number of nitrogens with zero attached hydrogens (tertiary/aromatic N) is 4. The van der Waals surface area contributed by atoms with E-state index in [2.05, 4.69) is 20.3 Å². The highest BCUT2D eigenvalue weighted by molar-refractivity contribution is 7.99. The smallest absolute Gasteiger partial charge is 0.273 e. The number of nitrogens with one attached hydrogen (secondary N) is 1. The average Bonchev–Trinajstić information content (AvgIpc) is 3.04. The number of aromatic nitrogens is 5. The lowest BCUT2D eigenvalue weighted by Crippen LogP contribution is -2.18. The van der Waals surface area contributed by atoms with Crippen LogP contribution in [0.2, 0.25) is 0 Å². The van der Waals surface area contributed by atoms with Gasteiger partial charge in [-0.1, -0.05) is 11.8 Å². The first kappa shape index (κ1) is 14.4. The van der Waals surface area contributed by atoms with Crippen molar-refractivity contribution in [1.82, 2.24) is 25.0 Å². The molecule has 0 spiro atoms. The molecule has 3 aromatic heterocycles. The molecule has 118 valence electrons. The molecule has 1 unspecified atom stereocenters. The van der Waals surface area contributed by atoms with Gasteiger partial charge in [0, 0.05) is 24.4 Å². The molecule has 4 heterocycles. The highest BCUT2D eigenvalue weighted by Gasteiger charge is 2.16. The number of pyridine rings is 1. The molecular formula is C15H15N5O2S. The molecule has 3 aromatic rings. The third-order valence-electron chi connectivity index (χ3n) is 3.78. The molecule has 7 nitrogen and oxygen atoms in total. The zero-order valence-electron chi connectivity index (χ0n) is 12.3. The van der Waals surface area contributed by atoms with Gasteiger partial charge in [-0.2, -0.15) is 10.2 Å². The highest BCUT2D eigenvalue weighted by atomic mass is 32.2. The number of aromatic amines is 1. The minimum atomic E-state index is -0.228. The Labute approximate surface area is 136 Å². The van der Waals surface area contributed by atoms with Gasteiger partial charge < -0.3 is 4.74 Å². The van der Waals surface area contributed by atoms with Crippen molar-refractivity contribution in [3.05, 3.63) is 41.2 Å². The van der Waals surface area contributed by atoms with Crippen molar-refractivity contribution in [2.75, 3.05) is 6.61 Å². The van der Waals surface area contributed by atoms with Gasteiger partial charge in [-0.25, -0.2) is 14.8 Å². The summed E-state index contributed by atoms with van der Waals surface area (Å²) in [6.07, 6.45) is 10.3. The van der Waals surface area contributed by atoms with Crippen molar-refractivity contribution in [1.29, 1.82) is 0 Å². The quantitative estimate of drug-likeness (QED) is 0.794. The van der Waals surface area contributed by atoms with Crippen molar-refractivity contribution in [3.8, 4) is 0 Å². The number of H-pyrrole nitrogens is 1. The molecule has 0 bridgehead atoms. The predicted octanol–water partition coefficient (Wildman–Crippen LogP) is 2.36. The van der Waals surface area contributed by atoms with Gasteiger partial charge in [0.15, 0.2) is 0 Å². The summed E-state index contributed by atoms with van der Waals surface area (Å²) < 4.78 is 7.60. The van der Waals surface area contributed by atoms with E-state index in [0.717, 1.165) is 34.8 Å². The average molecular weight is 329 g/mol. The van der Waals surface area contributed by atoms with Crippen LogP contribution in [0.4, 0.5) is 0 Å². The van der Waals surface area contributed by atoms with E-state index in [9.17, 15) is 4.79 Å². The zero-order chi connectivity index (χ0) is 15.6. The molecular weight excluding hydrogens is 314 g/mol. The Morgan fingerprint density at radius 1 is 1.30 bits per heavy atom. The van der Waals surface area contributed by atoms with Crippen LogP contribution in [0, 0.1) is 0 Å². The first-order valence-electron chi connectivity index (χ1n) is 7.47. The molecule has 4 rings (SSSR count). The van der Waals surface area contributed by atoms with Crippen LogP contribution >= 0.6 is 11.8 Å². The van der Waals surface area contributed by atoms with E-state index in [1.54, 1.807) is 12.4 Å². The van der Waals surface area contributed by atoms with Gasteiger partial charge in [-0.3, -0.25) is 4.79 Å². The zero-order valence-corrected chi connectivity index (χ0v) is 13.1. The Kier molecular flexibility index (Phi) is 3.84. The number of ether oxygens (including phenoxy) is 1. The third kappa shape index (κ3) is 2.99. The molecule has 0 aliphatic carbocycles. The standard InChI is InChI=1S/C15H15N5O2S/c21-15-12-8-16-13(5-10(12)6-17-19-15)23-11-7-18-20(9-11)14-3-1-2-4-22-14/h5-9,14H,1-4H2,(H,19,21). The van der Waals surface area contributed by atoms with Crippen molar-refractivity contribution in [3.63, 3.8) is 0 Å². The summed E-state index contributed by atoms with van der Waals surface area (Å²) >= 11 is 1.50. The van der Waals surface area contributed by atoms with E-state index in [1.807, 2.05) is 23.1 Å². The largest absolute Gasteiger partial charge is 0.357 e. The van der Waals surface area contributed by atoms with E-state index in [-0.39, 0.29) is 11.8 Å². The Hall–Kier alpha value is -2.19. The molecule has 0 radical (unpaired) electrons. The molecule has 1 aliphatic rings. The van der Waals surface area contributed by atoms with Gasteiger partial charge >= 0.3 is 0 Å². The summed E-state index contributed by atoms with van der Waals surface area (Å²) in [5, 5.41) is 12.7. The van der Waals surface area contributed by atoms with Crippen LogP contribution in [0.1, 0.15) is 25.5 Å². The van der Waals surface area contributed by atoms with Crippen LogP contribution in [0.25, 0.3) is 10.8 Å². The van der Waals surface area contributed by atoms with Crippen molar-refractivity contribution >= 4 is 22.5 Å². The monoisotopic (exact) mass is 329 g/mol. The fourth-order valence-corrected chi connectivity index (χ4v) is 3.40. The highest BCUT2D eigenvalue weighted by Crippen LogP contribution is 2.29. The van der Waals surface area contributed by atoms with Gasteiger partial charge in [0.05, 0.1) is 22.7 Å². The number of hydrogen-bond acceptors (Lipinski definition) is 6. The molecule has 23 heavy (non-hydrogen) atoms. The maximum absolute atomic E-state index is 11.6. The maximum atomic E-state index is 11.6. The molecule has 1 fully saturated rings. The Bertz CT molecular complexity index is 885. The Morgan fingerprint density at radius 2 is 2.26 bits per heavy atom. The van der Waals surface area contributed by atoms with E-state index < -0.39 is 0 Å². The van der Waals surface area contributed by atoms with Gasteiger partial charge in [-0.05, 0) is 25.3 Å². The van der Waals surface area contributed by atoms with Crippen molar-refractivity contribution < 1.29 is 4.74 Å². The van der Waals surface area contributed by atoms with Crippen LogP contribution in [0.5, 0.6) is 0 Å². The number of fused-ring (bicyclic) bond motifs is 1. The van der Waals surface area contributed by atoms with Gasteiger partial charge in [-0.15, -0.1) is 0 Å². The van der Waals surface area contributed by atoms with Gasteiger partial charge in [0.1, 0.15) is 11.3 Å². The number of rotatable bonds is 3. The second-order valence-electron chi connectivity index (χ2n) is 5.39. The summed E-state index contributed by atoms with van der Waals surface area (Å²) in [6, 6.07) is 1.86. The topological polar surface area (TPSA) is 85.7 Å². The van der Waals surface area contributed by atoms with Crippen LogP contribution in [-0.4, -0.2) is 31.6 Å². The molecule has 1 aliphatic heterocycles. The lowest BCUT2D eigenvalue weighted by atomic mass is 10.2. The molecule has 0 saturated carbocycles. The van der Waals surface area contributed by atoms with Crippen LogP contribution in [0.15, 0.2) is 45.6 Å². The second-order valence-corrected chi connectivity index (χ2v) is 6.48. The van der Waals surface area contributed by atoms with E-state index in [4.69, 9.17) is 4.74 Å². The lowest BCUT2D eigenvalue weighted by Gasteiger charge is -2.22. The summed E-state index contributed by atoms with van der Waals surface area (Å²) in [4.78, 5) is 17.0. The van der Waals surface area contributed by atoms with E-state index in [0.29, 0.717) is 5.39 Å². The van der Waals surface area contributed by atoms with Gasteiger partial charge in [0.25, 0.3) is 5.56 Å². The minimum absolute atomic E-state index is 0.0328. The SMILES string of the molecule is O=c1[nH]ncc2cc(Sc3cnn(C4CCCCO4)c3)ncc12. The third-order valence-corrected chi connectivity index (χ3v) is 4.66. The van der Waals surface area contributed by atoms with E-state index in [1.165, 1.54) is 18.2 Å².